The van der Waals surface area contributed by atoms with E-state index >= 15 is 0 Å². The molecule has 16 heavy (non-hydrogen) atoms. The smallest absolute Gasteiger partial charge is 0.337 e. The highest BCUT2D eigenvalue weighted by Gasteiger charge is 2.15. The number of azo groups is 1. The molecule has 1 aliphatic rings. The number of nitrogens with zero attached hydrogens (tertiary/aromatic N) is 2. The maximum atomic E-state index is 11.4. The van der Waals surface area contributed by atoms with E-state index in [0.717, 1.165) is 22.1 Å². The van der Waals surface area contributed by atoms with Crippen molar-refractivity contribution in [2.24, 2.45) is 10.2 Å². The summed E-state index contributed by atoms with van der Waals surface area (Å²) in [7, 11) is 1.36. The molecule has 78 valence electrons. The Balaban J connectivity index is 2.33. The molecular formula is C12H8N2O2. The van der Waals surface area contributed by atoms with E-state index in [0.29, 0.717) is 5.56 Å². The quantitative estimate of drug-likeness (QED) is 0.581. The van der Waals surface area contributed by atoms with Crippen LogP contribution in [0.3, 0.4) is 0 Å². The van der Waals surface area contributed by atoms with Gasteiger partial charge < -0.3 is 4.74 Å². The third-order valence-electron chi connectivity index (χ3n) is 2.62. The predicted molar refractivity (Wildman–Crippen MR) is 59.5 cm³/mol. The molecule has 2 aromatic rings. The summed E-state index contributed by atoms with van der Waals surface area (Å²) in [5.41, 5.74) is 2.08. The van der Waals surface area contributed by atoms with Gasteiger partial charge in [-0.05, 0) is 23.6 Å². The second kappa shape index (κ2) is 3.13. The average Bonchev–Trinajstić information content (AvgIpc) is 2.73. The Bertz CT molecular complexity index is 632. The molecule has 1 aliphatic heterocycles. The molecule has 2 aromatic carbocycles. The highest BCUT2D eigenvalue weighted by Crippen LogP contribution is 2.41. The molecule has 4 heteroatoms. The Morgan fingerprint density at radius 3 is 2.81 bits per heavy atom. The first-order chi connectivity index (χ1) is 7.79. The molecule has 0 aromatic heterocycles. The lowest BCUT2D eigenvalue weighted by Crippen LogP contribution is -2.00. The Hall–Kier alpha value is -2.23. The molecule has 1 heterocycles. The SMILES string of the molecule is COC(=O)c1cc2c3c(cccc3c1)N=N2. The van der Waals surface area contributed by atoms with Gasteiger partial charge in [0.15, 0.2) is 0 Å². The molecule has 0 unspecified atom stereocenters. The summed E-state index contributed by atoms with van der Waals surface area (Å²) < 4.78 is 4.69. The molecule has 0 spiro atoms. The molecule has 0 N–H and O–H groups in total. The molecule has 0 saturated carbocycles. The third-order valence-corrected chi connectivity index (χ3v) is 2.62. The van der Waals surface area contributed by atoms with Gasteiger partial charge in [-0.25, -0.2) is 4.79 Å². The van der Waals surface area contributed by atoms with Gasteiger partial charge in [-0.3, -0.25) is 0 Å². The van der Waals surface area contributed by atoms with E-state index in [1.54, 1.807) is 12.1 Å². The molecule has 0 radical (unpaired) electrons. The van der Waals surface area contributed by atoms with E-state index < -0.39 is 0 Å². The minimum absolute atomic E-state index is 0.356. The molecule has 0 atom stereocenters. The fourth-order valence-electron chi connectivity index (χ4n) is 1.89. The van der Waals surface area contributed by atoms with Gasteiger partial charge in [0.2, 0.25) is 0 Å². The molecule has 3 rings (SSSR count). The topological polar surface area (TPSA) is 51.0 Å². The van der Waals surface area contributed by atoms with Crippen LogP contribution in [-0.4, -0.2) is 13.1 Å². The van der Waals surface area contributed by atoms with Crippen molar-refractivity contribution in [2.45, 2.75) is 0 Å². The normalized spacial score (nSPS) is 12.1. The van der Waals surface area contributed by atoms with Crippen molar-refractivity contribution in [3.8, 4) is 0 Å². The van der Waals surface area contributed by atoms with Gasteiger partial charge in [0.05, 0.1) is 24.0 Å². The summed E-state index contributed by atoms with van der Waals surface area (Å²) >= 11 is 0. The van der Waals surface area contributed by atoms with E-state index in [2.05, 4.69) is 10.2 Å². The van der Waals surface area contributed by atoms with Crippen LogP contribution in [0.5, 0.6) is 0 Å². The summed E-state index contributed by atoms with van der Waals surface area (Å²) in [6.07, 6.45) is 0. The zero-order valence-corrected chi connectivity index (χ0v) is 8.60. The standard InChI is InChI=1S/C12H8N2O2/c1-16-12(15)8-5-7-3-2-4-9-11(7)10(6-8)14-13-9/h2-6H,1H3. The van der Waals surface area contributed by atoms with Gasteiger partial charge in [-0.2, -0.15) is 0 Å². The largest absolute Gasteiger partial charge is 0.465 e. The van der Waals surface area contributed by atoms with Gasteiger partial charge >= 0.3 is 5.97 Å². The van der Waals surface area contributed by atoms with Gasteiger partial charge in [0.1, 0.15) is 0 Å². The highest BCUT2D eigenvalue weighted by atomic mass is 16.5. The minimum atomic E-state index is -0.356. The van der Waals surface area contributed by atoms with Crippen molar-refractivity contribution < 1.29 is 9.53 Å². The van der Waals surface area contributed by atoms with Crippen LogP contribution in [0.25, 0.3) is 10.8 Å². The zero-order chi connectivity index (χ0) is 11.1. The zero-order valence-electron chi connectivity index (χ0n) is 8.60. The minimum Gasteiger partial charge on any atom is -0.465 e. The summed E-state index contributed by atoms with van der Waals surface area (Å²) in [6, 6.07) is 9.23. The Labute approximate surface area is 91.6 Å². The molecule has 0 fully saturated rings. The lowest BCUT2D eigenvalue weighted by atomic mass is 10.0. The highest BCUT2D eigenvalue weighted by molar-refractivity contribution is 6.06. The van der Waals surface area contributed by atoms with Gasteiger partial charge in [0, 0.05) is 5.39 Å². The van der Waals surface area contributed by atoms with E-state index in [1.807, 2.05) is 18.2 Å². The summed E-state index contributed by atoms with van der Waals surface area (Å²) in [5, 5.41) is 10.0. The summed E-state index contributed by atoms with van der Waals surface area (Å²) in [4.78, 5) is 11.4. The Morgan fingerprint density at radius 1 is 1.19 bits per heavy atom. The fourth-order valence-corrected chi connectivity index (χ4v) is 1.89. The van der Waals surface area contributed by atoms with Crippen LogP contribution in [0, 0.1) is 0 Å². The van der Waals surface area contributed by atoms with Crippen LogP contribution < -0.4 is 0 Å². The van der Waals surface area contributed by atoms with Gasteiger partial charge in [0.25, 0.3) is 0 Å². The monoisotopic (exact) mass is 212 g/mol. The molecule has 4 nitrogen and oxygen atoms in total. The van der Waals surface area contributed by atoms with Gasteiger partial charge in [-0.15, -0.1) is 10.2 Å². The first-order valence-corrected chi connectivity index (χ1v) is 4.86. The van der Waals surface area contributed by atoms with E-state index in [9.17, 15) is 4.79 Å². The first-order valence-electron chi connectivity index (χ1n) is 4.86. The van der Waals surface area contributed by atoms with Gasteiger partial charge in [-0.1, -0.05) is 12.1 Å². The predicted octanol–water partition coefficient (Wildman–Crippen LogP) is 3.36. The van der Waals surface area contributed by atoms with Crippen molar-refractivity contribution in [3.05, 3.63) is 35.9 Å². The van der Waals surface area contributed by atoms with Crippen molar-refractivity contribution in [2.75, 3.05) is 7.11 Å². The molecule has 0 aliphatic carbocycles. The maximum absolute atomic E-state index is 11.4. The van der Waals surface area contributed by atoms with Crippen LogP contribution >= 0.6 is 0 Å². The lowest BCUT2D eigenvalue weighted by molar-refractivity contribution is 0.0601. The number of methoxy groups -OCH3 is 1. The number of benzene rings is 2. The third kappa shape index (κ3) is 1.13. The maximum Gasteiger partial charge on any atom is 0.337 e. The molecule has 0 bridgehead atoms. The number of carbonyl (C=O) groups is 1. The number of carbonyl (C=O) groups excluding carboxylic acids is 1. The molecular weight excluding hydrogens is 204 g/mol. The van der Waals surface area contributed by atoms with Crippen molar-refractivity contribution in [3.63, 3.8) is 0 Å². The summed E-state index contributed by atoms with van der Waals surface area (Å²) in [6.45, 7) is 0. The van der Waals surface area contributed by atoms with Crippen LogP contribution in [0.2, 0.25) is 0 Å². The van der Waals surface area contributed by atoms with Crippen molar-refractivity contribution in [1.82, 2.24) is 0 Å². The lowest BCUT2D eigenvalue weighted by Gasteiger charge is -2.03. The van der Waals surface area contributed by atoms with E-state index in [4.69, 9.17) is 4.74 Å². The average molecular weight is 212 g/mol. The van der Waals surface area contributed by atoms with Crippen LogP contribution in [0.15, 0.2) is 40.6 Å². The number of esters is 1. The van der Waals surface area contributed by atoms with E-state index in [-0.39, 0.29) is 5.97 Å². The van der Waals surface area contributed by atoms with Crippen molar-refractivity contribution in [1.29, 1.82) is 0 Å². The summed E-state index contributed by atoms with van der Waals surface area (Å²) in [5.74, 6) is -0.356. The fraction of sp³-hybridized carbons (Fsp3) is 0.0833. The number of hydrogen-bond acceptors (Lipinski definition) is 4. The Kier molecular flexibility index (Phi) is 1.77. The second-order valence-electron chi connectivity index (χ2n) is 3.56. The Morgan fingerprint density at radius 2 is 2.00 bits per heavy atom. The van der Waals surface area contributed by atoms with Crippen LogP contribution in [0.4, 0.5) is 11.4 Å². The van der Waals surface area contributed by atoms with E-state index in [1.165, 1.54) is 7.11 Å². The second-order valence-corrected chi connectivity index (χ2v) is 3.56. The first kappa shape index (κ1) is 9.03. The van der Waals surface area contributed by atoms with Crippen LogP contribution in [-0.2, 0) is 4.74 Å². The molecule has 0 saturated heterocycles. The van der Waals surface area contributed by atoms with Crippen LogP contribution in [0.1, 0.15) is 10.4 Å². The number of ether oxygens (including phenoxy) is 1. The number of hydrogen-bond donors (Lipinski definition) is 0. The number of rotatable bonds is 1. The molecule has 0 amide bonds. The van der Waals surface area contributed by atoms with Crippen molar-refractivity contribution >= 4 is 28.1 Å².